The number of anilines is 1. The standard InChI is InChI=1S/C31H36N2O6S.ClH.H2O/c1-21(34)39-29-30(23-11-13-24(36-3)14-12-23)40-28-9-7-6-8-25(28)33(31(29)35)19-18-32(2)17-16-22-10-15-26(37-4)27(20-22)38-5;;/h6-15,20,29-30H,16-19H2,1-5H3;1H;1H2. The topological polar surface area (TPSA) is 109 Å². The van der Waals surface area contributed by atoms with E-state index in [0.717, 1.165) is 40.4 Å². The van der Waals surface area contributed by atoms with Gasteiger partial charge in [-0.05, 0) is 61.0 Å². The molecule has 0 aliphatic carbocycles. The predicted octanol–water partition coefficient (Wildman–Crippen LogP) is 4.60. The molecule has 0 spiro atoms. The monoisotopic (exact) mass is 618 g/mol. The third kappa shape index (κ3) is 8.32. The number of nitrogens with zero attached hydrogens (tertiary/aromatic N) is 2. The number of benzene rings is 3. The van der Waals surface area contributed by atoms with Crippen molar-refractivity contribution in [2.45, 2.75) is 29.6 Å². The first-order valence-corrected chi connectivity index (χ1v) is 14.0. The number of halogens is 1. The van der Waals surface area contributed by atoms with E-state index in [1.807, 2.05) is 73.8 Å². The van der Waals surface area contributed by atoms with Gasteiger partial charge in [-0.15, -0.1) is 24.2 Å². The maximum atomic E-state index is 14.0. The first kappa shape index (κ1) is 34.8. The molecule has 228 valence electrons. The number of hydrogen-bond donors (Lipinski definition) is 0. The average molecular weight is 619 g/mol. The van der Waals surface area contributed by atoms with E-state index in [4.69, 9.17) is 18.9 Å². The van der Waals surface area contributed by atoms with Gasteiger partial charge in [0, 0.05) is 31.5 Å². The lowest BCUT2D eigenvalue weighted by Crippen LogP contribution is -2.45. The second-order valence-corrected chi connectivity index (χ2v) is 10.7. The molecule has 1 heterocycles. The molecule has 2 N–H and O–H groups in total. The molecule has 0 bridgehead atoms. The molecule has 0 aromatic heterocycles. The first-order chi connectivity index (χ1) is 19.3. The molecule has 2 atom stereocenters. The molecule has 9 nitrogen and oxygen atoms in total. The summed E-state index contributed by atoms with van der Waals surface area (Å²) in [4.78, 5) is 31.1. The van der Waals surface area contributed by atoms with Crippen LogP contribution in [0.3, 0.4) is 0 Å². The molecule has 0 saturated heterocycles. The zero-order valence-corrected chi connectivity index (χ0v) is 26.1. The van der Waals surface area contributed by atoms with Gasteiger partial charge in [-0.2, -0.15) is 0 Å². The van der Waals surface area contributed by atoms with Crippen molar-refractivity contribution in [2.75, 3.05) is 52.9 Å². The van der Waals surface area contributed by atoms with Crippen molar-refractivity contribution >= 4 is 41.7 Å². The van der Waals surface area contributed by atoms with Crippen LogP contribution in [0, 0.1) is 0 Å². The fourth-order valence-electron chi connectivity index (χ4n) is 4.68. The molecule has 11 heteroatoms. The molecular weight excluding hydrogens is 580 g/mol. The summed E-state index contributed by atoms with van der Waals surface area (Å²) >= 11 is 1.53. The minimum Gasteiger partial charge on any atom is -0.497 e. The van der Waals surface area contributed by atoms with Crippen LogP contribution in [0.1, 0.15) is 23.3 Å². The minimum absolute atomic E-state index is 0. The highest BCUT2D eigenvalue weighted by atomic mass is 35.5. The smallest absolute Gasteiger partial charge is 0.303 e. The van der Waals surface area contributed by atoms with E-state index < -0.39 is 17.3 Å². The number of para-hydroxylation sites is 1. The molecule has 3 aromatic rings. The number of carbonyl (C=O) groups excluding carboxylic acids is 2. The van der Waals surface area contributed by atoms with Gasteiger partial charge in [0.15, 0.2) is 17.6 Å². The number of carbonyl (C=O) groups is 2. The van der Waals surface area contributed by atoms with Gasteiger partial charge in [0.2, 0.25) is 0 Å². The molecule has 0 fully saturated rings. The summed E-state index contributed by atoms with van der Waals surface area (Å²) in [5.41, 5.74) is 2.84. The van der Waals surface area contributed by atoms with E-state index in [1.165, 1.54) is 18.7 Å². The maximum Gasteiger partial charge on any atom is 0.303 e. The van der Waals surface area contributed by atoms with Gasteiger partial charge in [0.05, 0.1) is 32.3 Å². The number of methoxy groups -OCH3 is 3. The average Bonchev–Trinajstić information content (AvgIpc) is 3.08. The Morgan fingerprint density at radius 2 is 1.62 bits per heavy atom. The summed E-state index contributed by atoms with van der Waals surface area (Å²) in [6.07, 6.45) is -0.160. The number of thioether (sulfide) groups is 1. The van der Waals surface area contributed by atoms with Crippen LogP contribution in [0.2, 0.25) is 0 Å². The molecule has 1 aliphatic rings. The highest BCUT2D eigenvalue weighted by Crippen LogP contribution is 2.46. The maximum absolute atomic E-state index is 14.0. The number of amides is 1. The highest BCUT2D eigenvalue weighted by molar-refractivity contribution is 7.99. The SMILES string of the molecule is COc1ccc(C2Sc3ccccc3N(CCN(C)CCc3ccc(OC)c(OC)c3)C(=O)C2OC(C)=O)cc1.Cl.O. The van der Waals surface area contributed by atoms with Crippen molar-refractivity contribution in [3.8, 4) is 17.2 Å². The zero-order chi connectivity index (χ0) is 28.6. The fourth-order valence-corrected chi connectivity index (χ4v) is 6.00. The van der Waals surface area contributed by atoms with Gasteiger partial charge in [-0.1, -0.05) is 30.3 Å². The molecule has 2 unspecified atom stereocenters. The van der Waals surface area contributed by atoms with Gasteiger partial charge in [-0.25, -0.2) is 0 Å². The second-order valence-electron chi connectivity index (χ2n) is 9.54. The molecule has 4 rings (SSSR count). The van der Waals surface area contributed by atoms with E-state index in [1.54, 1.807) is 26.2 Å². The van der Waals surface area contributed by atoms with Gasteiger partial charge in [0.1, 0.15) is 5.75 Å². The summed E-state index contributed by atoms with van der Waals surface area (Å²) in [5, 5.41) is -0.406. The predicted molar refractivity (Wildman–Crippen MR) is 168 cm³/mol. The van der Waals surface area contributed by atoms with Crippen LogP contribution < -0.4 is 19.1 Å². The van der Waals surface area contributed by atoms with Crippen molar-refractivity contribution in [2.24, 2.45) is 0 Å². The summed E-state index contributed by atoms with van der Waals surface area (Å²) in [6.45, 7) is 3.22. The normalized spacial score (nSPS) is 16.0. The number of ether oxygens (including phenoxy) is 4. The molecular formula is C31H39ClN2O7S. The van der Waals surface area contributed by atoms with E-state index >= 15 is 0 Å². The summed E-state index contributed by atoms with van der Waals surface area (Å²) in [7, 11) is 6.90. The molecule has 1 amide bonds. The summed E-state index contributed by atoms with van der Waals surface area (Å²) in [5.74, 6) is 1.40. The van der Waals surface area contributed by atoms with E-state index in [0.29, 0.717) is 24.6 Å². The fraction of sp³-hybridized carbons (Fsp3) is 0.355. The molecule has 1 aliphatic heterocycles. The second kappa shape index (κ2) is 16.3. The number of esters is 1. The lowest BCUT2D eigenvalue weighted by atomic mass is 10.1. The van der Waals surface area contributed by atoms with E-state index in [2.05, 4.69) is 4.90 Å². The van der Waals surface area contributed by atoms with Crippen LogP contribution in [0.4, 0.5) is 5.69 Å². The van der Waals surface area contributed by atoms with Gasteiger partial charge in [-0.3, -0.25) is 9.59 Å². The van der Waals surface area contributed by atoms with Crippen molar-refractivity contribution in [3.05, 3.63) is 77.9 Å². The van der Waals surface area contributed by atoms with Crippen LogP contribution in [-0.4, -0.2) is 76.4 Å². The Bertz CT molecular complexity index is 1320. The summed E-state index contributed by atoms with van der Waals surface area (Å²) < 4.78 is 21.8. The van der Waals surface area contributed by atoms with Crippen molar-refractivity contribution in [1.29, 1.82) is 0 Å². The Kier molecular flexibility index (Phi) is 13.5. The van der Waals surface area contributed by atoms with Crippen LogP contribution in [0.5, 0.6) is 17.2 Å². The van der Waals surface area contributed by atoms with Crippen molar-refractivity contribution in [1.82, 2.24) is 4.90 Å². The lowest BCUT2D eigenvalue weighted by Gasteiger charge is -2.29. The Morgan fingerprint density at radius 1 is 0.929 bits per heavy atom. The highest BCUT2D eigenvalue weighted by Gasteiger charge is 2.40. The molecule has 0 saturated carbocycles. The Labute approximate surface area is 257 Å². The Hall–Kier alpha value is -3.44. The molecule has 3 aromatic carbocycles. The van der Waals surface area contributed by atoms with Gasteiger partial charge >= 0.3 is 5.97 Å². The van der Waals surface area contributed by atoms with Crippen LogP contribution >= 0.6 is 24.2 Å². The van der Waals surface area contributed by atoms with Crippen molar-refractivity contribution < 1.29 is 34.0 Å². The number of fused-ring (bicyclic) bond motifs is 1. The van der Waals surface area contributed by atoms with Crippen LogP contribution in [-0.2, 0) is 20.7 Å². The van der Waals surface area contributed by atoms with Gasteiger partial charge in [0.25, 0.3) is 5.91 Å². The van der Waals surface area contributed by atoms with Crippen LogP contribution in [0.15, 0.2) is 71.6 Å². The zero-order valence-electron chi connectivity index (χ0n) is 24.5. The third-order valence-electron chi connectivity index (χ3n) is 6.87. The number of rotatable bonds is 11. The minimum atomic E-state index is -0.972. The quantitative estimate of drug-likeness (QED) is 0.287. The lowest BCUT2D eigenvalue weighted by molar-refractivity contribution is -0.152. The Morgan fingerprint density at radius 3 is 2.26 bits per heavy atom. The Balaban J connectivity index is 0.00000308. The molecule has 0 radical (unpaired) electrons. The summed E-state index contributed by atoms with van der Waals surface area (Å²) in [6, 6.07) is 21.3. The largest absolute Gasteiger partial charge is 0.497 e. The van der Waals surface area contributed by atoms with E-state index in [9.17, 15) is 9.59 Å². The van der Waals surface area contributed by atoms with Gasteiger partial charge < -0.3 is 34.2 Å². The number of hydrogen-bond acceptors (Lipinski definition) is 8. The first-order valence-electron chi connectivity index (χ1n) is 13.1. The third-order valence-corrected chi connectivity index (χ3v) is 8.24. The number of likely N-dealkylation sites (N-methyl/N-ethyl adjacent to an activating group) is 1. The molecule has 42 heavy (non-hydrogen) atoms. The van der Waals surface area contributed by atoms with Crippen LogP contribution in [0.25, 0.3) is 0 Å². The van der Waals surface area contributed by atoms with E-state index in [-0.39, 0.29) is 23.8 Å². The van der Waals surface area contributed by atoms with Crippen molar-refractivity contribution in [3.63, 3.8) is 0 Å².